The summed E-state index contributed by atoms with van der Waals surface area (Å²) in [5, 5.41) is 10.6. The van der Waals surface area contributed by atoms with Crippen LogP contribution < -0.4 is 4.74 Å². The van der Waals surface area contributed by atoms with Crippen molar-refractivity contribution in [2.75, 3.05) is 12.4 Å². The van der Waals surface area contributed by atoms with Crippen molar-refractivity contribution < 1.29 is 4.74 Å². The summed E-state index contributed by atoms with van der Waals surface area (Å²) in [5.41, 5.74) is 0.980. The predicted molar refractivity (Wildman–Crippen MR) is 99.1 cm³/mol. The molecule has 0 fully saturated rings. The fourth-order valence-electron chi connectivity index (χ4n) is 2.14. The Morgan fingerprint density at radius 2 is 1.79 bits per heavy atom. The SMILES string of the molecule is Cn1c(SCCOc2ccccc2Cl)nnc1-c1ccc(Cl)cc1. The van der Waals surface area contributed by atoms with E-state index in [0.717, 1.165) is 22.3 Å². The third-order valence-electron chi connectivity index (χ3n) is 3.35. The average Bonchev–Trinajstić information content (AvgIpc) is 2.95. The minimum absolute atomic E-state index is 0.539. The zero-order valence-corrected chi connectivity index (χ0v) is 15.3. The van der Waals surface area contributed by atoms with Crippen molar-refractivity contribution in [1.29, 1.82) is 0 Å². The van der Waals surface area contributed by atoms with Gasteiger partial charge in [-0.3, -0.25) is 0 Å². The first-order valence-electron chi connectivity index (χ1n) is 7.30. The Hall–Kier alpha value is -1.69. The van der Waals surface area contributed by atoms with Crippen LogP contribution in [-0.4, -0.2) is 27.1 Å². The summed E-state index contributed by atoms with van der Waals surface area (Å²) in [7, 11) is 1.95. The van der Waals surface area contributed by atoms with Crippen LogP contribution in [0.2, 0.25) is 10.0 Å². The highest BCUT2D eigenvalue weighted by atomic mass is 35.5. The van der Waals surface area contributed by atoms with E-state index in [1.54, 1.807) is 11.8 Å². The zero-order chi connectivity index (χ0) is 16.9. The van der Waals surface area contributed by atoms with Crippen molar-refractivity contribution in [3.63, 3.8) is 0 Å². The van der Waals surface area contributed by atoms with Crippen LogP contribution in [0.25, 0.3) is 11.4 Å². The molecule has 0 atom stereocenters. The van der Waals surface area contributed by atoms with Crippen molar-refractivity contribution in [2.45, 2.75) is 5.16 Å². The molecule has 0 amide bonds. The molecule has 1 aromatic heterocycles. The van der Waals surface area contributed by atoms with Crippen LogP contribution in [-0.2, 0) is 7.05 Å². The Bertz CT molecular complexity index is 821. The van der Waals surface area contributed by atoms with E-state index in [9.17, 15) is 0 Å². The van der Waals surface area contributed by atoms with Gasteiger partial charge in [-0.2, -0.15) is 0 Å². The Balaban J connectivity index is 1.58. The molecule has 7 heteroatoms. The van der Waals surface area contributed by atoms with Gasteiger partial charge in [0.25, 0.3) is 0 Å². The molecule has 2 aromatic carbocycles. The van der Waals surface area contributed by atoms with Gasteiger partial charge in [0.1, 0.15) is 5.75 Å². The van der Waals surface area contributed by atoms with E-state index in [1.165, 1.54) is 0 Å². The van der Waals surface area contributed by atoms with E-state index in [-0.39, 0.29) is 0 Å². The highest BCUT2D eigenvalue weighted by molar-refractivity contribution is 7.99. The second-order valence-corrected chi connectivity index (χ2v) is 6.91. The fourth-order valence-corrected chi connectivity index (χ4v) is 3.18. The Kier molecular flexibility index (Phi) is 5.66. The first-order chi connectivity index (χ1) is 11.6. The molecule has 1 heterocycles. The van der Waals surface area contributed by atoms with E-state index in [1.807, 2.05) is 60.1 Å². The quantitative estimate of drug-likeness (QED) is 0.448. The molecule has 124 valence electrons. The lowest BCUT2D eigenvalue weighted by molar-refractivity contribution is 0.344. The van der Waals surface area contributed by atoms with E-state index in [0.29, 0.717) is 22.4 Å². The van der Waals surface area contributed by atoms with Crippen LogP contribution in [0.15, 0.2) is 53.7 Å². The Morgan fingerprint density at radius 1 is 1.04 bits per heavy atom. The molecule has 0 aliphatic rings. The molecular weight excluding hydrogens is 365 g/mol. The van der Waals surface area contributed by atoms with Gasteiger partial charge < -0.3 is 9.30 Å². The smallest absolute Gasteiger partial charge is 0.191 e. The van der Waals surface area contributed by atoms with Gasteiger partial charge >= 0.3 is 0 Å². The molecule has 0 spiro atoms. The van der Waals surface area contributed by atoms with Crippen LogP contribution in [0, 0.1) is 0 Å². The average molecular weight is 380 g/mol. The van der Waals surface area contributed by atoms with Crippen LogP contribution >= 0.6 is 35.0 Å². The van der Waals surface area contributed by atoms with Gasteiger partial charge in [0, 0.05) is 23.4 Å². The number of para-hydroxylation sites is 1. The molecule has 4 nitrogen and oxygen atoms in total. The topological polar surface area (TPSA) is 39.9 Å². The molecule has 0 aliphatic heterocycles. The van der Waals surface area contributed by atoms with Gasteiger partial charge in [0.15, 0.2) is 11.0 Å². The van der Waals surface area contributed by atoms with Crippen molar-refractivity contribution in [1.82, 2.24) is 14.8 Å². The van der Waals surface area contributed by atoms with Crippen molar-refractivity contribution in [2.24, 2.45) is 7.05 Å². The molecular formula is C17H15Cl2N3OS. The monoisotopic (exact) mass is 379 g/mol. The van der Waals surface area contributed by atoms with E-state index in [2.05, 4.69) is 10.2 Å². The van der Waals surface area contributed by atoms with Crippen LogP contribution in [0.3, 0.4) is 0 Å². The summed E-state index contributed by atoms with van der Waals surface area (Å²) in [6.45, 7) is 0.539. The molecule has 0 N–H and O–H groups in total. The maximum Gasteiger partial charge on any atom is 0.191 e. The molecule has 0 radical (unpaired) electrons. The lowest BCUT2D eigenvalue weighted by Gasteiger charge is -2.07. The normalized spacial score (nSPS) is 10.8. The van der Waals surface area contributed by atoms with Gasteiger partial charge in [0.2, 0.25) is 0 Å². The second kappa shape index (κ2) is 7.92. The molecule has 24 heavy (non-hydrogen) atoms. The fraction of sp³-hybridized carbons (Fsp3) is 0.176. The second-order valence-electron chi connectivity index (χ2n) is 5.00. The molecule has 0 saturated heterocycles. The van der Waals surface area contributed by atoms with Crippen LogP contribution in [0.4, 0.5) is 0 Å². The maximum atomic E-state index is 6.06. The molecule has 0 unspecified atom stereocenters. The van der Waals surface area contributed by atoms with Gasteiger partial charge in [-0.25, -0.2) is 0 Å². The number of hydrogen-bond acceptors (Lipinski definition) is 4. The lowest BCUT2D eigenvalue weighted by Crippen LogP contribution is -2.02. The van der Waals surface area contributed by atoms with Gasteiger partial charge in [-0.15, -0.1) is 10.2 Å². The van der Waals surface area contributed by atoms with E-state index >= 15 is 0 Å². The van der Waals surface area contributed by atoms with E-state index < -0.39 is 0 Å². The Labute approximate surface area is 154 Å². The highest BCUT2D eigenvalue weighted by Crippen LogP contribution is 2.25. The van der Waals surface area contributed by atoms with Crippen molar-refractivity contribution >= 4 is 35.0 Å². The number of aromatic nitrogens is 3. The summed E-state index contributed by atoms with van der Waals surface area (Å²) in [6.07, 6.45) is 0. The van der Waals surface area contributed by atoms with Gasteiger partial charge in [-0.05, 0) is 36.4 Å². The third-order valence-corrected chi connectivity index (χ3v) is 4.89. The number of benzene rings is 2. The molecule has 0 bridgehead atoms. The number of hydrogen-bond donors (Lipinski definition) is 0. The van der Waals surface area contributed by atoms with Crippen LogP contribution in [0.5, 0.6) is 5.75 Å². The Morgan fingerprint density at radius 3 is 2.54 bits per heavy atom. The standard InChI is InChI=1S/C17H15Cl2N3OS/c1-22-16(12-6-8-13(18)9-7-12)20-21-17(22)24-11-10-23-15-5-3-2-4-14(15)19/h2-9H,10-11H2,1H3. The maximum absolute atomic E-state index is 6.06. The first kappa shape index (κ1) is 17.1. The molecule has 0 saturated carbocycles. The summed E-state index contributed by atoms with van der Waals surface area (Å²) < 4.78 is 7.64. The number of ether oxygens (including phenoxy) is 1. The summed E-state index contributed by atoms with van der Waals surface area (Å²) in [4.78, 5) is 0. The number of halogens is 2. The predicted octanol–water partition coefficient (Wildman–Crippen LogP) is 4.96. The summed E-state index contributed by atoms with van der Waals surface area (Å²) in [5.74, 6) is 2.25. The largest absolute Gasteiger partial charge is 0.491 e. The number of nitrogens with zero attached hydrogens (tertiary/aromatic N) is 3. The van der Waals surface area contributed by atoms with E-state index in [4.69, 9.17) is 27.9 Å². The van der Waals surface area contributed by atoms with Crippen LogP contribution in [0.1, 0.15) is 0 Å². The summed E-state index contributed by atoms with van der Waals surface area (Å²) >= 11 is 13.6. The summed E-state index contributed by atoms with van der Waals surface area (Å²) in [6, 6.07) is 15.0. The lowest BCUT2D eigenvalue weighted by atomic mass is 10.2. The third kappa shape index (κ3) is 4.04. The first-order valence-corrected chi connectivity index (χ1v) is 9.05. The minimum atomic E-state index is 0.539. The molecule has 3 aromatic rings. The highest BCUT2D eigenvalue weighted by Gasteiger charge is 2.11. The number of thioether (sulfide) groups is 1. The molecule has 0 aliphatic carbocycles. The minimum Gasteiger partial charge on any atom is -0.491 e. The van der Waals surface area contributed by atoms with Crippen molar-refractivity contribution in [3.05, 3.63) is 58.6 Å². The van der Waals surface area contributed by atoms with Gasteiger partial charge in [-0.1, -0.05) is 47.1 Å². The molecule has 3 rings (SSSR count). The van der Waals surface area contributed by atoms with Crippen molar-refractivity contribution in [3.8, 4) is 17.1 Å². The number of rotatable bonds is 6. The zero-order valence-electron chi connectivity index (χ0n) is 12.9. The van der Waals surface area contributed by atoms with Gasteiger partial charge in [0.05, 0.1) is 11.6 Å².